The zero-order chi connectivity index (χ0) is 52.9. The third-order valence-corrected chi connectivity index (χ3v) is 12.7. The first-order valence-corrected chi connectivity index (χ1v) is 30.4. The van der Waals surface area contributed by atoms with Crippen LogP contribution in [0.2, 0.25) is 0 Å². The van der Waals surface area contributed by atoms with Crippen molar-refractivity contribution in [2.75, 3.05) is 13.2 Å². The Balaban J connectivity index is 4.50. The van der Waals surface area contributed by atoms with Crippen LogP contribution in [0.4, 0.5) is 0 Å². The minimum atomic E-state index is -0.807. The number of rotatable bonds is 54. The van der Waals surface area contributed by atoms with Crippen molar-refractivity contribution in [1.82, 2.24) is 0 Å². The van der Waals surface area contributed by atoms with Crippen molar-refractivity contribution < 1.29 is 28.6 Å². The molecule has 1 unspecified atom stereocenters. The van der Waals surface area contributed by atoms with Gasteiger partial charge in [0.05, 0.1) is 0 Å². The highest BCUT2D eigenvalue weighted by Gasteiger charge is 2.19. The summed E-state index contributed by atoms with van der Waals surface area (Å²) < 4.78 is 16.9. The lowest BCUT2D eigenvalue weighted by Gasteiger charge is -2.18. The minimum Gasteiger partial charge on any atom is -0.462 e. The van der Waals surface area contributed by atoms with Crippen molar-refractivity contribution in [1.29, 1.82) is 0 Å². The van der Waals surface area contributed by atoms with E-state index >= 15 is 0 Å². The average molecular weight is 1010 g/mol. The number of carbonyl (C=O) groups excluding carboxylic acids is 3. The molecule has 0 bridgehead atoms. The second kappa shape index (κ2) is 60.6. The lowest BCUT2D eigenvalue weighted by Crippen LogP contribution is -2.30. The molecule has 6 nitrogen and oxygen atoms in total. The molecular formula is C67H112O6. The van der Waals surface area contributed by atoms with Crippen molar-refractivity contribution >= 4 is 17.9 Å². The Morgan fingerprint density at radius 2 is 0.534 bits per heavy atom. The van der Waals surface area contributed by atoms with Gasteiger partial charge in [-0.25, -0.2) is 0 Å². The van der Waals surface area contributed by atoms with Crippen LogP contribution in [0.15, 0.2) is 109 Å². The van der Waals surface area contributed by atoms with Crippen LogP contribution in [-0.4, -0.2) is 37.2 Å². The molecule has 0 aliphatic rings. The molecule has 0 saturated heterocycles. The number of esters is 3. The Morgan fingerprint density at radius 1 is 0.288 bits per heavy atom. The maximum Gasteiger partial charge on any atom is 0.306 e. The van der Waals surface area contributed by atoms with Crippen LogP contribution >= 0.6 is 0 Å². The van der Waals surface area contributed by atoms with Crippen molar-refractivity contribution in [3.8, 4) is 0 Å². The smallest absolute Gasteiger partial charge is 0.306 e. The van der Waals surface area contributed by atoms with E-state index < -0.39 is 6.10 Å². The van der Waals surface area contributed by atoms with Gasteiger partial charge in [0.15, 0.2) is 6.10 Å². The quantitative estimate of drug-likeness (QED) is 0.0261. The lowest BCUT2D eigenvalue weighted by atomic mass is 10.1. The van der Waals surface area contributed by atoms with Gasteiger partial charge in [0, 0.05) is 19.3 Å². The molecule has 0 aromatic rings. The Hall–Kier alpha value is -3.93. The normalized spacial score (nSPS) is 12.9. The Bertz CT molecular complexity index is 1490. The molecule has 0 rings (SSSR count). The van der Waals surface area contributed by atoms with Gasteiger partial charge in [-0.2, -0.15) is 0 Å². The maximum atomic E-state index is 12.9. The predicted octanol–water partition coefficient (Wildman–Crippen LogP) is 20.7. The molecule has 0 heterocycles. The number of ether oxygens (including phenoxy) is 3. The highest BCUT2D eigenvalue weighted by Crippen LogP contribution is 2.14. The highest BCUT2D eigenvalue weighted by molar-refractivity contribution is 5.71. The van der Waals surface area contributed by atoms with Gasteiger partial charge in [-0.15, -0.1) is 0 Å². The molecule has 6 heteroatoms. The van der Waals surface area contributed by atoms with Crippen LogP contribution in [0, 0.1) is 0 Å². The fraction of sp³-hybridized carbons (Fsp3) is 0.687. The standard InChI is InChI=1S/C67H112O6/c1-4-7-10-13-16-19-22-25-28-31-33-34-35-37-39-42-45-48-51-54-57-60-66(69)72-63-64(62-71-65(68)59-56-53-50-47-44-41-38-30-27-24-21-18-15-12-9-6-3)73-67(70)61-58-55-52-49-46-43-40-36-32-29-26-23-20-17-14-11-8-5-2/h7,10,16,19-20,23,25,28-30,32-34,37-39,45,48,64H,4-6,8-9,11-15,17-18,21-22,24,26-27,31,35-36,40-44,46-47,49-63H2,1-3H3/b10-7-,19-16-,23-20-,28-25-,32-29-,34-33-,38-30-,39-37-,48-45-. The van der Waals surface area contributed by atoms with Crippen LogP contribution in [0.3, 0.4) is 0 Å². The van der Waals surface area contributed by atoms with E-state index in [1.165, 1.54) is 122 Å². The van der Waals surface area contributed by atoms with E-state index in [2.05, 4.69) is 130 Å². The molecule has 0 aromatic carbocycles. The summed E-state index contributed by atoms with van der Waals surface area (Å²) >= 11 is 0. The van der Waals surface area contributed by atoms with E-state index in [1.807, 2.05) is 0 Å². The summed E-state index contributed by atoms with van der Waals surface area (Å²) in [6, 6.07) is 0. The second-order valence-corrected chi connectivity index (χ2v) is 19.9. The van der Waals surface area contributed by atoms with Gasteiger partial charge in [-0.05, 0) is 128 Å². The Kier molecular flexibility index (Phi) is 57.4. The number of hydrogen-bond donors (Lipinski definition) is 0. The third-order valence-electron chi connectivity index (χ3n) is 12.7. The zero-order valence-electron chi connectivity index (χ0n) is 47.6. The summed E-state index contributed by atoms with van der Waals surface area (Å²) in [6.07, 6.45) is 82.2. The third kappa shape index (κ3) is 58.8. The van der Waals surface area contributed by atoms with Crippen LogP contribution in [-0.2, 0) is 28.6 Å². The molecule has 0 aliphatic carbocycles. The summed E-state index contributed by atoms with van der Waals surface area (Å²) in [5.41, 5.74) is 0. The Morgan fingerprint density at radius 3 is 0.890 bits per heavy atom. The predicted molar refractivity (Wildman–Crippen MR) is 316 cm³/mol. The zero-order valence-corrected chi connectivity index (χ0v) is 47.6. The topological polar surface area (TPSA) is 78.9 Å². The van der Waals surface area contributed by atoms with Crippen LogP contribution in [0.5, 0.6) is 0 Å². The lowest BCUT2D eigenvalue weighted by molar-refractivity contribution is -0.167. The number of carbonyl (C=O) groups is 3. The molecule has 1 atom stereocenters. The van der Waals surface area contributed by atoms with E-state index in [1.54, 1.807) is 0 Å². The summed E-state index contributed by atoms with van der Waals surface area (Å²) in [7, 11) is 0. The molecule has 0 spiro atoms. The van der Waals surface area contributed by atoms with Crippen molar-refractivity contribution in [3.05, 3.63) is 109 Å². The summed E-state index contributed by atoms with van der Waals surface area (Å²) in [6.45, 7) is 6.47. The fourth-order valence-corrected chi connectivity index (χ4v) is 8.18. The highest BCUT2D eigenvalue weighted by atomic mass is 16.6. The first-order valence-electron chi connectivity index (χ1n) is 30.4. The number of unbranched alkanes of at least 4 members (excludes halogenated alkanes) is 25. The molecule has 0 aliphatic heterocycles. The Labute approximate surface area is 450 Å². The summed E-state index contributed by atoms with van der Waals surface area (Å²) in [5.74, 6) is -0.957. The van der Waals surface area contributed by atoms with Gasteiger partial charge >= 0.3 is 17.9 Å². The first kappa shape index (κ1) is 69.1. The molecule has 0 N–H and O–H groups in total. The molecule has 0 amide bonds. The van der Waals surface area contributed by atoms with Crippen molar-refractivity contribution in [2.24, 2.45) is 0 Å². The van der Waals surface area contributed by atoms with Crippen LogP contribution in [0.1, 0.15) is 278 Å². The molecule has 416 valence electrons. The van der Waals surface area contributed by atoms with Gasteiger partial charge in [0.25, 0.3) is 0 Å². The van der Waals surface area contributed by atoms with Gasteiger partial charge < -0.3 is 14.2 Å². The van der Waals surface area contributed by atoms with E-state index in [9.17, 15) is 14.4 Å². The summed E-state index contributed by atoms with van der Waals surface area (Å²) in [4.78, 5) is 38.3. The first-order chi connectivity index (χ1) is 36.0. The number of hydrogen-bond acceptors (Lipinski definition) is 6. The fourth-order valence-electron chi connectivity index (χ4n) is 8.18. The second-order valence-electron chi connectivity index (χ2n) is 19.9. The van der Waals surface area contributed by atoms with Crippen molar-refractivity contribution in [2.45, 2.75) is 284 Å². The molecule has 73 heavy (non-hydrogen) atoms. The van der Waals surface area contributed by atoms with Gasteiger partial charge in [-0.3, -0.25) is 14.4 Å². The van der Waals surface area contributed by atoms with E-state index in [-0.39, 0.29) is 31.1 Å². The largest absolute Gasteiger partial charge is 0.462 e. The maximum absolute atomic E-state index is 12.9. The summed E-state index contributed by atoms with van der Waals surface area (Å²) in [5, 5.41) is 0. The van der Waals surface area contributed by atoms with Gasteiger partial charge in [0.2, 0.25) is 0 Å². The molecule has 0 saturated carbocycles. The van der Waals surface area contributed by atoms with Gasteiger partial charge in [0.1, 0.15) is 13.2 Å². The van der Waals surface area contributed by atoms with Crippen LogP contribution in [0.25, 0.3) is 0 Å². The molecule has 0 fully saturated rings. The molecule has 0 radical (unpaired) electrons. The van der Waals surface area contributed by atoms with E-state index in [4.69, 9.17) is 14.2 Å². The average Bonchev–Trinajstić information content (AvgIpc) is 3.39. The monoisotopic (exact) mass is 1010 g/mol. The number of allylic oxidation sites excluding steroid dienone is 18. The SMILES string of the molecule is CC/C=C\C/C=C\C/C=C\C/C=C\C/C=C\C/C=C\CCCCC(=O)OCC(COC(=O)CCCCCCC/C=C\CCCCCCCCC)OC(=O)CCCCCCCCC/C=C\C/C=C\CCCCCC. The van der Waals surface area contributed by atoms with Gasteiger partial charge in [-0.1, -0.05) is 239 Å². The molecule has 0 aromatic heterocycles. The minimum absolute atomic E-state index is 0.100. The van der Waals surface area contributed by atoms with E-state index in [0.717, 1.165) is 109 Å². The van der Waals surface area contributed by atoms with Crippen molar-refractivity contribution in [3.63, 3.8) is 0 Å². The van der Waals surface area contributed by atoms with E-state index in [0.29, 0.717) is 25.7 Å². The molecular weight excluding hydrogens is 901 g/mol. The van der Waals surface area contributed by atoms with Crippen LogP contribution < -0.4 is 0 Å².